The fourth-order valence-corrected chi connectivity index (χ4v) is 3.24. The first-order chi connectivity index (χ1) is 11.2. The van der Waals surface area contributed by atoms with E-state index in [1.165, 1.54) is 24.1 Å². The first kappa shape index (κ1) is 16.0. The summed E-state index contributed by atoms with van der Waals surface area (Å²) in [6.07, 6.45) is 5.09. The number of aliphatic hydroxyl groups excluding tert-OH is 1. The zero-order valence-electron chi connectivity index (χ0n) is 13.2. The van der Waals surface area contributed by atoms with Gasteiger partial charge in [-0.15, -0.1) is 0 Å². The van der Waals surface area contributed by atoms with Gasteiger partial charge in [0.2, 0.25) is 0 Å². The summed E-state index contributed by atoms with van der Waals surface area (Å²) in [6, 6.07) is 14.4. The lowest BCUT2D eigenvalue weighted by Crippen LogP contribution is -2.26. The lowest BCUT2D eigenvalue weighted by molar-refractivity contribution is 0.0700. The highest BCUT2D eigenvalue weighted by Gasteiger charge is 2.23. The molecule has 2 aromatic rings. The first-order valence-electron chi connectivity index (χ1n) is 8.35. The van der Waals surface area contributed by atoms with Gasteiger partial charge in [0, 0.05) is 0 Å². The number of hydrogen-bond acceptors (Lipinski definition) is 2. The van der Waals surface area contributed by atoms with E-state index < -0.39 is 0 Å². The molecule has 1 saturated carbocycles. The smallest absolute Gasteiger partial charge is 0.123 e. The Morgan fingerprint density at radius 1 is 1.00 bits per heavy atom. The summed E-state index contributed by atoms with van der Waals surface area (Å²) in [5, 5.41) is 10.1. The highest BCUT2D eigenvalue weighted by atomic mass is 19.1. The molecule has 2 atom stereocenters. The minimum atomic E-state index is -0.234. The van der Waals surface area contributed by atoms with Crippen molar-refractivity contribution in [1.29, 1.82) is 0 Å². The Hall–Kier alpha value is -1.87. The van der Waals surface area contributed by atoms with Crippen LogP contribution in [0.15, 0.2) is 48.5 Å². The molecule has 23 heavy (non-hydrogen) atoms. The van der Waals surface area contributed by atoms with E-state index in [4.69, 9.17) is 4.74 Å². The van der Waals surface area contributed by atoms with Crippen molar-refractivity contribution in [2.45, 2.75) is 44.8 Å². The monoisotopic (exact) mass is 314 g/mol. The van der Waals surface area contributed by atoms with Crippen LogP contribution < -0.4 is 4.74 Å². The van der Waals surface area contributed by atoms with Gasteiger partial charge in [-0.05, 0) is 60.6 Å². The van der Waals surface area contributed by atoms with Gasteiger partial charge in [-0.3, -0.25) is 0 Å². The largest absolute Gasteiger partial charge is 0.489 e. The Morgan fingerprint density at radius 3 is 2.57 bits per heavy atom. The third-order valence-corrected chi connectivity index (χ3v) is 4.58. The molecule has 0 aromatic heterocycles. The second-order valence-corrected chi connectivity index (χ2v) is 6.38. The van der Waals surface area contributed by atoms with Crippen molar-refractivity contribution >= 4 is 0 Å². The van der Waals surface area contributed by atoms with Crippen LogP contribution in [0.2, 0.25) is 0 Å². The van der Waals surface area contributed by atoms with Crippen LogP contribution in [0.5, 0.6) is 5.75 Å². The van der Waals surface area contributed by atoms with Crippen molar-refractivity contribution in [3.63, 3.8) is 0 Å². The van der Waals surface area contributed by atoms with E-state index in [0.29, 0.717) is 12.5 Å². The van der Waals surface area contributed by atoms with Gasteiger partial charge in [-0.2, -0.15) is 0 Å². The molecule has 0 heterocycles. The maximum Gasteiger partial charge on any atom is 0.123 e. The van der Waals surface area contributed by atoms with Crippen molar-refractivity contribution in [3.8, 4) is 5.75 Å². The molecule has 3 rings (SSSR count). The number of rotatable bonds is 5. The molecule has 2 aromatic carbocycles. The van der Waals surface area contributed by atoms with Crippen molar-refractivity contribution in [2.24, 2.45) is 5.92 Å². The molecule has 0 radical (unpaired) electrons. The highest BCUT2D eigenvalue weighted by molar-refractivity contribution is 5.29. The molecule has 0 saturated heterocycles. The van der Waals surface area contributed by atoms with Crippen LogP contribution in [0.1, 0.15) is 36.8 Å². The molecule has 2 nitrogen and oxygen atoms in total. The van der Waals surface area contributed by atoms with Gasteiger partial charge in [0.25, 0.3) is 0 Å². The van der Waals surface area contributed by atoms with Crippen LogP contribution in [0.3, 0.4) is 0 Å². The predicted molar refractivity (Wildman–Crippen MR) is 88.8 cm³/mol. The summed E-state index contributed by atoms with van der Waals surface area (Å²) >= 11 is 0. The Morgan fingerprint density at radius 2 is 1.78 bits per heavy atom. The molecule has 0 amide bonds. The zero-order valence-corrected chi connectivity index (χ0v) is 13.2. The van der Waals surface area contributed by atoms with Gasteiger partial charge < -0.3 is 9.84 Å². The molecule has 1 fully saturated rings. The number of ether oxygens (including phenoxy) is 1. The molecule has 1 N–H and O–H groups in total. The maximum atomic E-state index is 12.9. The molecule has 1 aliphatic carbocycles. The number of benzene rings is 2. The van der Waals surface area contributed by atoms with Gasteiger partial charge in [0.15, 0.2) is 0 Å². The van der Waals surface area contributed by atoms with Gasteiger partial charge in [0.1, 0.15) is 18.2 Å². The third kappa shape index (κ3) is 4.55. The minimum absolute atomic E-state index is 0.174. The molecule has 3 heteroatoms. The molecule has 0 aliphatic heterocycles. The molecular weight excluding hydrogens is 291 g/mol. The van der Waals surface area contributed by atoms with Gasteiger partial charge in [-0.1, -0.05) is 37.1 Å². The third-order valence-electron chi connectivity index (χ3n) is 4.58. The molecule has 2 unspecified atom stereocenters. The van der Waals surface area contributed by atoms with E-state index >= 15 is 0 Å². The van der Waals surface area contributed by atoms with Crippen molar-refractivity contribution in [2.75, 3.05) is 0 Å². The fraction of sp³-hybridized carbons (Fsp3) is 0.400. The van der Waals surface area contributed by atoms with E-state index in [0.717, 1.165) is 37.0 Å². The van der Waals surface area contributed by atoms with Gasteiger partial charge in [0.05, 0.1) is 6.10 Å². The first-order valence-corrected chi connectivity index (χ1v) is 8.35. The van der Waals surface area contributed by atoms with Crippen LogP contribution >= 0.6 is 0 Å². The minimum Gasteiger partial charge on any atom is -0.489 e. The summed E-state index contributed by atoms with van der Waals surface area (Å²) in [4.78, 5) is 0. The van der Waals surface area contributed by atoms with E-state index in [1.54, 1.807) is 12.1 Å². The molecule has 122 valence electrons. The van der Waals surface area contributed by atoms with E-state index in [2.05, 4.69) is 6.07 Å². The number of hydrogen-bond donors (Lipinski definition) is 1. The van der Waals surface area contributed by atoms with Crippen LogP contribution in [0.4, 0.5) is 4.39 Å². The van der Waals surface area contributed by atoms with Crippen molar-refractivity contribution in [1.82, 2.24) is 0 Å². The fourth-order valence-electron chi connectivity index (χ4n) is 3.24. The number of aliphatic hydroxyl groups is 1. The predicted octanol–water partition coefficient (Wildman–Crippen LogP) is 4.50. The Bertz CT molecular complexity index is 624. The van der Waals surface area contributed by atoms with Gasteiger partial charge >= 0.3 is 0 Å². The Labute approximate surface area is 136 Å². The van der Waals surface area contributed by atoms with Crippen molar-refractivity contribution < 1.29 is 14.2 Å². The Kier molecular flexibility index (Phi) is 5.29. The lowest BCUT2D eigenvalue weighted by atomic mass is 9.82. The van der Waals surface area contributed by atoms with E-state index in [1.807, 2.05) is 18.2 Å². The van der Waals surface area contributed by atoms with Crippen LogP contribution in [-0.4, -0.2) is 11.2 Å². The number of halogens is 1. The summed E-state index contributed by atoms with van der Waals surface area (Å²) < 4.78 is 18.7. The molecule has 1 aliphatic rings. The van der Waals surface area contributed by atoms with Crippen LogP contribution in [0.25, 0.3) is 0 Å². The average molecular weight is 314 g/mol. The van der Waals surface area contributed by atoms with E-state index in [9.17, 15) is 9.50 Å². The topological polar surface area (TPSA) is 29.5 Å². The average Bonchev–Trinajstić information content (AvgIpc) is 2.57. The molecule has 0 spiro atoms. The van der Waals surface area contributed by atoms with Gasteiger partial charge in [-0.25, -0.2) is 4.39 Å². The van der Waals surface area contributed by atoms with Crippen molar-refractivity contribution in [3.05, 3.63) is 65.5 Å². The summed E-state index contributed by atoms with van der Waals surface area (Å²) in [7, 11) is 0. The zero-order chi connectivity index (χ0) is 16.1. The maximum absolute atomic E-state index is 12.9. The Balaban J connectivity index is 1.59. The SMILES string of the molecule is OC1CCCCC1Cc1cccc(OCc2ccc(F)cc2)c1. The summed E-state index contributed by atoms with van der Waals surface area (Å²) in [5.41, 5.74) is 2.15. The summed E-state index contributed by atoms with van der Waals surface area (Å²) in [5.74, 6) is 0.940. The highest BCUT2D eigenvalue weighted by Crippen LogP contribution is 2.28. The second-order valence-electron chi connectivity index (χ2n) is 6.38. The standard InChI is InChI=1S/C20H23FO2/c21-18-10-8-15(9-11-18)14-23-19-6-3-4-16(13-19)12-17-5-1-2-7-20(17)22/h3-4,6,8-11,13,17,20,22H,1-2,5,7,12,14H2. The normalized spacial score (nSPS) is 21.1. The quantitative estimate of drug-likeness (QED) is 0.880. The molecular formula is C20H23FO2. The second kappa shape index (κ2) is 7.60. The van der Waals surface area contributed by atoms with Crippen LogP contribution in [-0.2, 0) is 13.0 Å². The molecule has 0 bridgehead atoms. The van der Waals surface area contributed by atoms with Crippen LogP contribution in [0, 0.1) is 11.7 Å². The lowest BCUT2D eigenvalue weighted by Gasteiger charge is -2.27. The summed E-state index contributed by atoms with van der Waals surface area (Å²) in [6.45, 7) is 0.426. The van der Waals surface area contributed by atoms with E-state index in [-0.39, 0.29) is 11.9 Å².